The van der Waals surface area contributed by atoms with E-state index in [4.69, 9.17) is 0 Å². The van der Waals surface area contributed by atoms with Gasteiger partial charge in [-0.25, -0.2) is 0 Å². The van der Waals surface area contributed by atoms with Gasteiger partial charge < -0.3 is 10.6 Å². The molecule has 1 fully saturated rings. The Hall–Kier alpha value is -2.69. The zero-order chi connectivity index (χ0) is 24.3. The lowest BCUT2D eigenvalue weighted by Crippen LogP contribution is -2.45. The van der Waals surface area contributed by atoms with E-state index in [-0.39, 0.29) is 29.4 Å². The number of allylic oxidation sites excluding steroid dienone is 2. The van der Waals surface area contributed by atoms with E-state index < -0.39 is 6.04 Å². The van der Waals surface area contributed by atoms with Crippen molar-refractivity contribution in [1.82, 2.24) is 5.32 Å². The van der Waals surface area contributed by atoms with Crippen molar-refractivity contribution >= 4 is 23.3 Å². The predicted octanol–water partition coefficient (Wildman–Crippen LogP) is 5.36. The lowest BCUT2D eigenvalue weighted by atomic mass is 9.86. The molecule has 5 heteroatoms. The highest BCUT2D eigenvalue weighted by Crippen LogP contribution is 2.45. The van der Waals surface area contributed by atoms with Gasteiger partial charge >= 0.3 is 0 Å². The monoisotopic (exact) mass is 450 g/mol. The van der Waals surface area contributed by atoms with Gasteiger partial charge in [0, 0.05) is 17.7 Å². The fraction of sp³-hybridized carbons (Fsp3) is 0.536. The Labute approximate surface area is 198 Å². The normalized spacial score (nSPS) is 23.7. The van der Waals surface area contributed by atoms with Crippen molar-refractivity contribution in [3.8, 4) is 0 Å². The van der Waals surface area contributed by atoms with Crippen molar-refractivity contribution in [2.24, 2.45) is 23.7 Å². The van der Waals surface area contributed by atoms with E-state index in [2.05, 4.69) is 24.1 Å². The number of hydrogen-bond acceptors (Lipinski definition) is 3. The average molecular weight is 451 g/mol. The van der Waals surface area contributed by atoms with Gasteiger partial charge in [0.25, 0.3) is 0 Å². The standard InChI is InChI=1S/C28H38N2O3/c1-16(2)13-25(28(33)29-22-11-7-17(3)8-12-22)30-27(32)19(5)21-10-9-18(4)23-15-26(31)20(6)24(23)14-21/h7-8,11-12,16,18,21,23,25H,5,9-10,13-15H2,1-4,6H3,(H,29,33)(H,30,32)/t18-,21-,23-,25-/m0/s1. The highest BCUT2D eigenvalue weighted by Gasteiger charge is 2.38. The Morgan fingerprint density at radius 3 is 2.39 bits per heavy atom. The van der Waals surface area contributed by atoms with Gasteiger partial charge in [-0.3, -0.25) is 14.4 Å². The summed E-state index contributed by atoms with van der Waals surface area (Å²) in [5.41, 5.74) is 4.43. The minimum atomic E-state index is -0.637. The molecule has 2 amide bonds. The van der Waals surface area contributed by atoms with Gasteiger partial charge in [-0.1, -0.05) is 50.6 Å². The molecule has 0 unspecified atom stereocenters. The molecule has 2 aliphatic rings. The van der Waals surface area contributed by atoms with Crippen molar-refractivity contribution in [3.63, 3.8) is 0 Å². The number of anilines is 1. The molecule has 0 heterocycles. The van der Waals surface area contributed by atoms with Crippen LogP contribution < -0.4 is 10.6 Å². The second kappa shape index (κ2) is 10.5. The molecule has 0 saturated heterocycles. The number of Topliss-reactive ketones (excluding diaryl/α,β-unsaturated/α-hetero) is 1. The minimum Gasteiger partial charge on any atom is -0.341 e. The van der Waals surface area contributed by atoms with Crippen LogP contribution in [0.4, 0.5) is 5.69 Å². The summed E-state index contributed by atoms with van der Waals surface area (Å²) in [7, 11) is 0. The average Bonchev–Trinajstić information content (AvgIpc) is 2.94. The van der Waals surface area contributed by atoms with Crippen molar-refractivity contribution in [2.45, 2.75) is 72.8 Å². The Bertz CT molecular complexity index is 958. The van der Waals surface area contributed by atoms with Crippen molar-refractivity contribution in [1.29, 1.82) is 0 Å². The van der Waals surface area contributed by atoms with E-state index in [0.717, 1.165) is 24.0 Å². The molecule has 0 bridgehead atoms. The second-order valence-electron chi connectivity index (χ2n) is 10.4. The van der Waals surface area contributed by atoms with Crippen LogP contribution in [0.2, 0.25) is 0 Å². The molecule has 0 aliphatic heterocycles. The summed E-state index contributed by atoms with van der Waals surface area (Å²) in [6.45, 7) is 14.3. The lowest BCUT2D eigenvalue weighted by molar-refractivity contribution is -0.125. The summed E-state index contributed by atoms with van der Waals surface area (Å²) in [4.78, 5) is 38.5. The molecule has 2 aliphatic carbocycles. The Morgan fingerprint density at radius 1 is 1.09 bits per heavy atom. The third-order valence-electron chi connectivity index (χ3n) is 7.31. The van der Waals surface area contributed by atoms with E-state index in [1.54, 1.807) is 0 Å². The molecule has 1 saturated carbocycles. The van der Waals surface area contributed by atoms with Crippen LogP contribution in [0, 0.1) is 30.6 Å². The van der Waals surface area contributed by atoms with Crippen molar-refractivity contribution in [2.75, 3.05) is 5.32 Å². The topological polar surface area (TPSA) is 75.3 Å². The molecular weight excluding hydrogens is 412 g/mol. The fourth-order valence-corrected chi connectivity index (χ4v) is 5.12. The molecule has 3 rings (SSSR count). The summed E-state index contributed by atoms with van der Waals surface area (Å²) in [5, 5.41) is 5.88. The summed E-state index contributed by atoms with van der Waals surface area (Å²) in [6.07, 6.45) is 3.69. The first-order chi connectivity index (χ1) is 15.6. The molecule has 5 nitrogen and oxygen atoms in total. The molecule has 2 N–H and O–H groups in total. The van der Waals surface area contributed by atoms with Gasteiger partial charge in [-0.05, 0) is 80.9 Å². The Kier molecular flexibility index (Phi) is 7.93. The summed E-state index contributed by atoms with van der Waals surface area (Å²) < 4.78 is 0. The van der Waals surface area contributed by atoms with Crippen LogP contribution in [-0.4, -0.2) is 23.6 Å². The highest BCUT2D eigenvalue weighted by molar-refractivity contribution is 6.01. The number of fused-ring (bicyclic) bond motifs is 1. The summed E-state index contributed by atoms with van der Waals surface area (Å²) in [6, 6.07) is 6.98. The van der Waals surface area contributed by atoms with E-state index in [9.17, 15) is 14.4 Å². The first kappa shape index (κ1) is 24.9. The highest BCUT2D eigenvalue weighted by atomic mass is 16.2. The van der Waals surface area contributed by atoms with Gasteiger partial charge in [0.1, 0.15) is 6.04 Å². The number of ketones is 1. The number of nitrogens with one attached hydrogen (secondary N) is 2. The van der Waals surface area contributed by atoms with Gasteiger partial charge in [-0.2, -0.15) is 0 Å². The quantitative estimate of drug-likeness (QED) is 0.549. The molecular formula is C28H38N2O3. The maximum absolute atomic E-state index is 13.2. The largest absolute Gasteiger partial charge is 0.341 e. The number of carbonyl (C=O) groups excluding carboxylic acids is 3. The maximum atomic E-state index is 13.2. The van der Waals surface area contributed by atoms with E-state index in [0.29, 0.717) is 42.4 Å². The molecule has 33 heavy (non-hydrogen) atoms. The third-order valence-corrected chi connectivity index (χ3v) is 7.31. The van der Waals surface area contributed by atoms with E-state index in [1.807, 2.05) is 52.0 Å². The molecule has 1 aromatic rings. The number of benzene rings is 1. The van der Waals surface area contributed by atoms with Gasteiger partial charge in [0.05, 0.1) is 0 Å². The van der Waals surface area contributed by atoms with Crippen LogP contribution in [0.1, 0.15) is 65.4 Å². The van der Waals surface area contributed by atoms with E-state index in [1.165, 1.54) is 5.57 Å². The lowest BCUT2D eigenvalue weighted by Gasteiger charge is -2.23. The first-order valence-corrected chi connectivity index (χ1v) is 12.2. The minimum absolute atomic E-state index is 0.00633. The molecule has 4 atom stereocenters. The number of aryl methyl sites for hydroxylation is 1. The van der Waals surface area contributed by atoms with Gasteiger partial charge in [-0.15, -0.1) is 0 Å². The fourth-order valence-electron chi connectivity index (χ4n) is 5.12. The SMILES string of the molecule is C=C(C(=O)N[C@@H](CC(C)C)C(=O)Nc1ccc(C)cc1)[C@H]1CC[C@H](C)[C@@H]2CC(=O)C(C)=C2C1. The van der Waals surface area contributed by atoms with E-state index >= 15 is 0 Å². The number of carbonyl (C=O) groups is 3. The van der Waals surface area contributed by atoms with Crippen LogP contribution >= 0.6 is 0 Å². The smallest absolute Gasteiger partial charge is 0.247 e. The predicted molar refractivity (Wildman–Crippen MR) is 133 cm³/mol. The third kappa shape index (κ3) is 6.01. The van der Waals surface area contributed by atoms with Crippen LogP contribution in [0.25, 0.3) is 0 Å². The van der Waals surface area contributed by atoms with Gasteiger partial charge in [0.15, 0.2) is 5.78 Å². The maximum Gasteiger partial charge on any atom is 0.247 e. The summed E-state index contributed by atoms with van der Waals surface area (Å²) >= 11 is 0. The van der Waals surface area contributed by atoms with Gasteiger partial charge in [0.2, 0.25) is 11.8 Å². The second-order valence-corrected chi connectivity index (χ2v) is 10.4. The van der Waals surface area contributed by atoms with Crippen LogP contribution in [0.3, 0.4) is 0 Å². The van der Waals surface area contributed by atoms with Crippen molar-refractivity contribution in [3.05, 3.63) is 53.1 Å². The Morgan fingerprint density at radius 2 is 1.76 bits per heavy atom. The number of rotatable bonds is 7. The zero-order valence-electron chi connectivity index (χ0n) is 20.7. The molecule has 0 aromatic heterocycles. The molecule has 0 radical (unpaired) electrons. The Balaban J connectivity index is 1.70. The van der Waals surface area contributed by atoms with Crippen LogP contribution in [0.15, 0.2) is 47.6 Å². The van der Waals surface area contributed by atoms with Crippen molar-refractivity contribution < 1.29 is 14.4 Å². The molecule has 1 aromatic carbocycles. The number of hydrogen-bond donors (Lipinski definition) is 2. The zero-order valence-corrected chi connectivity index (χ0v) is 20.7. The molecule has 178 valence electrons. The molecule has 0 spiro atoms. The summed E-state index contributed by atoms with van der Waals surface area (Å²) in [5.74, 6) is 0.713. The first-order valence-electron chi connectivity index (χ1n) is 12.2. The van der Waals surface area contributed by atoms with Crippen LogP contribution in [0.5, 0.6) is 0 Å². The van der Waals surface area contributed by atoms with Crippen LogP contribution in [-0.2, 0) is 14.4 Å². The number of amides is 2.